The summed E-state index contributed by atoms with van der Waals surface area (Å²) in [6.07, 6.45) is 9.47. The Labute approximate surface area is 235 Å². The van der Waals surface area contributed by atoms with E-state index < -0.39 is 0 Å². The summed E-state index contributed by atoms with van der Waals surface area (Å²) < 4.78 is 6.29. The Bertz CT molecular complexity index is 1370. The van der Waals surface area contributed by atoms with E-state index in [9.17, 15) is 9.59 Å². The molecular weight excluding hydrogens is 502 g/mol. The molecule has 3 fully saturated rings. The lowest BCUT2D eigenvalue weighted by molar-refractivity contribution is -0.149. The van der Waals surface area contributed by atoms with Gasteiger partial charge in [-0.3, -0.25) is 9.59 Å². The SMILES string of the molecule is Cc1ccc(CN2C(=O)/C(=C\c3ccc(C(=O)N4CCN(c5ncccn5)CC4)cc3)OC3CCCCC32)cc1. The van der Waals surface area contributed by atoms with E-state index in [0.29, 0.717) is 50.0 Å². The fourth-order valence-corrected chi connectivity index (χ4v) is 5.87. The Balaban J connectivity index is 1.14. The van der Waals surface area contributed by atoms with Crippen LogP contribution in [0.2, 0.25) is 0 Å². The van der Waals surface area contributed by atoms with E-state index >= 15 is 0 Å². The van der Waals surface area contributed by atoms with Crippen LogP contribution >= 0.6 is 0 Å². The summed E-state index contributed by atoms with van der Waals surface area (Å²) in [6, 6.07) is 17.7. The van der Waals surface area contributed by atoms with Gasteiger partial charge in [0.05, 0.1) is 6.04 Å². The number of carbonyl (C=O) groups is 2. The number of aromatic nitrogens is 2. The van der Waals surface area contributed by atoms with Crippen molar-refractivity contribution < 1.29 is 14.3 Å². The third-order valence-corrected chi connectivity index (χ3v) is 8.15. The topological polar surface area (TPSA) is 78.9 Å². The van der Waals surface area contributed by atoms with Gasteiger partial charge in [0.15, 0.2) is 5.76 Å². The molecule has 0 N–H and O–H groups in total. The number of fused-ring (bicyclic) bond motifs is 1. The Morgan fingerprint density at radius 1 is 0.950 bits per heavy atom. The Kier molecular flexibility index (Phi) is 7.49. The van der Waals surface area contributed by atoms with E-state index in [1.165, 1.54) is 5.56 Å². The second kappa shape index (κ2) is 11.5. The van der Waals surface area contributed by atoms with Gasteiger partial charge in [-0.05, 0) is 61.6 Å². The van der Waals surface area contributed by atoms with Crippen LogP contribution in [-0.2, 0) is 16.1 Å². The lowest BCUT2D eigenvalue weighted by Gasteiger charge is -2.44. The molecule has 8 heteroatoms. The quantitative estimate of drug-likeness (QED) is 0.448. The maximum Gasteiger partial charge on any atom is 0.289 e. The van der Waals surface area contributed by atoms with Gasteiger partial charge in [0.2, 0.25) is 5.95 Å². The number of hydrogen-bond donors (Lipinski definition) is 0. The van der Waals surface area contributed by atoms with Crippen molar-refractivity contribution in [3.8, 4) is 0 Å². The molecule has 2 unspecified atom stereocenters. The molecule has 3 aromatic rings. The summed E-state index contributed by atoms with van der Waals surface area (Å²) in [5, 5.41) is 0. The van der Waals surface area contributed by atoms with Gasteiger partial charge in [0.25, 0.3) is 11.8 Å². The van der Waals surface area contributed by atoms with Gasteiger partial charge >= 0.3 is 0 Å². The fraction of sp³-hybridized carbons (Fsp3) is 0.375. The highest BCUT2D eigenvalue weighted by molar-refractivity contribution is 5.97. The molecule has 6 rings (SSSR count). The van der Waals surface area contributed by atoms with Gasteiger partial charge in [-0.1, -0.05) is 48.4 Å². The number of aryl methyl sites for hydroxylation is 1. The van der Waals surface area contributed by atoms with Crippen LogP contribution in [0.15, 0.2) is 72.8 Å². The molecule has 2 aliphatic heterocycles. The van der Waals surface area contributed by atoms with E-state index in [0.717, 1.165) is 36.8 Å². The Hall–Kier alpha value is -4.20. The van der Waals surface area contributed by atoms with Crippen molar-refractivity contribution in [3.63, 3.8) is 0 Å². The molecule has 1 saturated carbocycles. The van der Waals surface area contributed by atoms with Gasteiger partial charge in [-0.2, -0.15) is 0 Å². The number of ether oxygens (including phenoxy) is 1. The summed E-state index contributed by atoms with van der Waals surface area (Å²) >= 11 is 0. The summed E-state index contributed by atoms with van der Waals surface area (Å²) in [6.45, 7) is 5.27. The highest BCUT2D eigenvalue weighted by Crippen LogP contribution is 2.34. The largest absolute Gasteiger partial charge is 0.482 e. The van der Waals surface area contributed by atoms with Crippen molar-refractivity contribution in [3.05, 3.63) is 95.0 Å². The summed E-state index contributed by atoms with van der Waals surface area (Å²) in [7, 11) is 0. The minimum atomic E-state index is -0.0656. The molecule has 2 atom stereocenters. The second-order valence-electron chi connectivity index (χ2n) is 10.9. The molecule has 40 heavy (non-hydrogen) atoms. The molecular formula is C32H35N5O3. The van der Waals surface area contributed by atoms with Crippen molar-refractivity contribution in [2.24, 2.45) is 0 Å². The van der Waals surface area contributed by atoms with Crippen LogP contribution < -0.4 is 4.90 Å². The third-order valence-electron chi connectivity index (χ3n) is 8.15. The van der Waals surface area contributed by atoms with Gasteiger partial charge in [0.1, 0.15) is 6.10 Å². The van der Waals surface area contributed by atoms with Crippen molar-refractivity contribution >= 4 is 23.8 Å². The number of amides is 2. The van der Waals surface area contributed by atoms with Gasteiger partial charge < -0.3 is 19.4 Å². The smallest absolute Gasteiger partial charge is 0.289 e. The maximum atomic E-state index is 13.6. The highest BCUT2D eigenvalue weighted by atomic mass is 16.5. The van der Waals surface area contributed by atoms with E-state index in [4.69, 9.17) is 4.74 Å². The molecule has 2 saturated heterocycles. The Morgan fingerprint density at radius 3 is 2.38 bits per heavy atom. The van der Waals surface area contributed by atoms with E-state index in [1.54, 1.807) is 18.5 Å². The summed E-state index contributed by atoms with van der Waals surface area (Å²) in [5.74, 6) is 1.02. The molecule has 3 aliphatic rings. The molecule has 2 aromatic carbocycles. The van der Waals surface area contributed by atoms with Crippen LogP contribution in [0.5, 0.6) is 0 Å². The minimum absolute atomic E-state index is 0.00662. The highest BCUT2D eigenvalue weighted by Gasteiger charge is 2.41. The van der Waals surface area contributed by atoms with Crippen LogP contribution in [0.25, 0.3) is 6.08 Å². The zero-order valence-electron chi connectivity index (χ0n) is 22.9. The number of carbonyl (C=O) groups excluding carboxylic acids is 2. The van der Waals surface area contributed by atoms with Crippen LogP contribution in [-0.4, -0.2) is 69.9 Å². The monoisotopic (exact) mass is 537 g/mol. The number of anilines is 1. The van der Waals surface area contributed by atoms with E-state index in [1.807, 2.05) is 40.1 Å². The average molecular weight is 538 g/mol. The standard InChI is InChI=1S/C32H35N5O3/c1-23-7-9-25(10-8-23)22-37-27-5-2-3-6-28(27)40-29(31(37)39)21-24-11-13-26(14-12-24)30(38)35-17-19-36(20-18-35)32-33-15-4-16-34-32/h4,7-16,21,27-28H,2-3,5-6,17-20,22H2,1H3/b29-21+. The van der Waals surface area contributed by atoms with Crippen LogP contribution in [0.3, 0.4) is 0 Å². The molecule has 206 valence electrons. The summed E-state index contributed by atoms with van der Waals surface area (Å²) in [4.78, 5) is 41.4. The van der Waals surface area contributed by atoms with Crippen molar-refractivity contribution in [1.82, 2.24) is 19.8 Å². The lowest BCUT2D eigenvalue weighted by atomic mass is 9.89. The number of morpholine rings is 1. The normalized spacial score (nSPS) is 22.2. The van der Waals surface area contributed by atoms with Crippen molar-refractivity contribution in [2.75, 3.05) is 31.1 Å². The fourth-order valence-electron chi connectivity index (χ4n) is 5.87. The Morgan fingerprint density at radius 2 is 1.65 bits per heavy atom. The minimum Gasteiger partial charge on any atom is -0.482 e. The predicted octanol–water partition coefficient (Wildman–Crippen LogP) is 4.46. The molecule has 0 radical (unpaired) electrons. The maximum absolute atomic E-state index is 13.6. The molecule has 1 aliphatic carbocycles. The van der Waals surface area contributed by atoms with Gasteiger partial charge in [0, 0.05) is 50.7 Å². The number of rotatable bonds is 5. The molecule has 0 spiro atoms. The molecule has 3 heterocycles. The zero-order valence-corrected chi connectivity index (χ0v) is 22.9. The second-order valence-corrected chi connectivity index (χ2v) is 10.9. The summed E-state index contributed by atoms with van der Waals surface area (Å²) in [5.41, 5.74) is 3.81. The first kappa shape index (κ1) is 26.0. The van der Waals surface area contributed by atoms with Crippen molar-refractivity contribution in [1.29, 1.82) is 0 Å². The molecule has 2 amide bonds. The van der Waals surface area contributed by atoms with Crippen molar-refractivity contribution in [2.45, 2.75) is 51.3 Å². The van der Waals surface area contributed by atoms with Crippen LogP contribution in [0.1, 0.15) is 52.7 Å². The predicted molar refractivity (Wildman–Crippen MR) is 153 cm³/mol. The lowest BCUT2D eigenvalue weighted by Crippen LogP contribution is -2.54. The first-order chi connectivity index (χ1) is 19.5. The van der Waals surface area contributed by atoms with Gasteiger partial charge in [-0.15, -0.1) is 0 Å². The molecule has 8 nitrogen and oxygen atoms in total. The molecule has 1 aromatic heterocycles. The number of piperazine rings is 1. The van der Waals surface area contributed by atoms with Crippen LogP contribution in [0.4, 0.5) is 5.95 Å². The van der Waals surface area contributed by atoms with Gasteiger partial charge in [-0.25, -0.2) is 9.97 Å². The van der Waals surface area contributed by atoms with E-state index in [2.05, 4.69) is 46.1 Å². The third kappa shape index (κ3) is 5.57. The number of benzene rings is 2. The number of nitrogens with zero attached hydrogens (tertiary/aromatic N) is 5. The molecule has 0 bridgehead atoms. The number of hydrogen-bond acceptors (Lipinski definition) is 6. The first-order valence-corrected chi connectivity index (χ1v) is 14.2. The zero-order chi connectivity index (χ0) is 27.5. The first-order valence-electron chi connectivity index (χ1n) is 14.2. The van der Waals surface area contributed by atoms with Crippen LogP contribution in [0, 0.1) is 6.92 Å². The van der Waals surface area contributed by atoms with E-state index in [-0.39, 0.29) is 24.0 Å². The average Bonchev–Trinajstić information content (AvgIpc) is 3.01.